The minimum atomic E-state index is -4.09. The van der Waals surface area contributed by atoms with Gasteiger partial charge in [0, 0.05) is 19.0 Å². The van der Waals surface area contributed by atoms with Crippen LogP contribution in [0.5, 0.6) is 0 Å². The van der Waals surface area contributed by atoms with Crippen molar-refractivity contribution in [3.63, 3.8) is 0 Å². The summed E-state index contributed by atoms with van der Waals surface area (Å²) in [5, 5.41) is 14.5. The highest BCUT2D eigenvalue weighted by Gasteiger charge is 2.68. The molecule has 11 nitrogen and oxygen atoms in total. The Morgan fingerprint density at radius 2 is 1.57 bits per heavy atom. The monoisotopic (exact) mass is 510 g/mol. The molecular formula is C23H30N2O9S. The number of carbonyl (C=O) groups excluding carboxylic acids is 3. The summed E-state index contributed by atoms with van der Waals surface area (Å²) in [5.74, 6) is -3.70. The first-order valence-corrected chi connectivity index (χ1v) is 12.8. The maximum absolute atomic E-state index is 13.5. The molecule has 1 aromatic rings. The number of alkyl carbamates (subject to hydrolysis) is 1. The van der Waals surface area contributed by atoms with E-state index >= 15 is 0 Å². The van der Waals surface area contributed by atoms with E-state index in [9.17, 15) is 27.9 Å². The molecule has 35 heavy (non-hydrogen) atoms. The molecule has 1 saturated heterocycles. The number of nitrogens with zero attached hydrogens (tertiary/aromatic N) is 1. The summed E-state index contributed by atoms with van der Waals surface area (Å²) in [5.41, 5.74) is -2.86. The molecule has 4 rings (SSSR count). The Morgan fingerprint density at radius 1 is 1.00 bits per heavy atom. The zero-order valence-electron chi connectivity index (χ0n) is 19.9. The Balaban J connectivity index is 1.74. The minimum Gasteiger partial charge on any atom is -0.469 e. The molecule has 4 atom stereocenters. The molecule has 2 saturated carbocycles. The molecule has 1 amide bonds. The number of methoxy groups -OCH3 is 2. The predicted octanol–water partition coefficient (Wildman–Crippen LogP) is 0.730. The highest BCUT2D eigenvalue weighted by atomic mass is 32.2. The van der Waals surface area contributed by atoms with E-state index in [2.05, 4.69) is 5.32 Å². The van der Waals surface area contributed by atoms with Crippen LogP contribution in [0, 0.1) is 18.8 Å². The number of aryl methyl sites for hydroxylation is 1. The number of amides is 1. The molecule has 2 N–H and O–H groups in total. The van der Waals surface area contributed by atoms with Crippen molar-refractivity contribution >= 4 is 28.1 Å². The molecule has 1 aromatic carbocycles. The van der Waals surface area contributed by atoms with Crippen molar-refractivity contribution in [2.24, 2.45) is 11.8 Å². The summed E-state index contributed by atoms with van der Waals surface area (Å²) in [6.45, 7) is 1.01. The van der Waals surface area contributed by atoms with Crippen molar-refractivity contribution in [1.29, 1.82) is 0 Å². The van der Waals surface area contributed by atoms with Crippen LogP contribution in [0.15, 0.2) is 29.2 Å². The Hall–Kier alpha value is -2.70. The van der Waals surface area contributed by atoms with E-state index in [1.165, 1.54) is 12.1 Å². The maximum Gasteiger partial charge on any atom is 0.408 e. The fraction of sp³-hybridized carbons (Fsp3) is 0.609. The first kappa shape index (κ1) is 25.4. The number of ether oxygens (including phenoxy) is 3. The smallest absolute Gasteiger partial charge is 0.408 e. The van der Waals surface area contributed by atoms with Crippen molar-refractivity contribution in [3.05, 3.63) is 29.8 Å². The van der Waals surface area contributed by atoms with Gasteiger partial charge in [0.25, 0.3) is 0 Å². The number of rotatable bonds is 6. The van der Waals surface area contributed by atoms with E-state index in [0.29, 0.717) is 0 Å². The third-order valence-electron chi connectivity index (χ3n) is 7.16. The van der Waals surface area contributed by atoms with Gasteiger partial charge in [-0.25, -0.2) is 13.2 Å². The van der Waals surface area contributed by atoms with Gasteiger partial charge in [-0.05, 0) is 38.3 Å². The van der Waals surface area contributed by atoms with E-state index in [0.717, 1.165) is 36.9 Å². The lowest BCUT2D eigenvalue weighted by molar-refractivity contribution is -0.192. The van der Waals surface area contributed by atoms with Crippen LogP contribution in [0.25, 0.3) is 0 Å². The lowest BCUT2D eigenvalue weighted by atomic mass is 9.64. The molecule has 0 unspecified atom stereocenters. The van der Waals surface area contributed by atoms with Gasteiger partial charge < -0.3 is 24.6 Å². The van der Waals surface area contributed by atoms with Crippen LogP contribution in [0.1, 0.15) is 31.2 Å². The summed E-state index contributed by atoms with van der Waals surface area (Å²) in [7, 11) is -1.78. The first-order valence-electron chi connectivity index (χ1n) is 11.4. The average molecular weight is 511 g/mol. The van der Waals surface area contributed by atoms with Crippen molar-refractivity contribution in [3.8, 4) is 0 Å². The number of aliphatic hydroxyl groups is 1. The highest BCUT2D eigenvalue weighted by Crippen LogP contribution is 2.51. The summed E-state index contributed by atoms with van der Waals surface area (Å²) in [6, 6.07) is 6.17. The van der Waals surface area contributed by atoms with E-state index in [1.807, 2.05) is 6.92 Å². The number of nitrogens with one attached hydrogen (secondary N) is 1. The van der Waals surface area contributed by atoms with Gasteiger partial charge in [0.15, 0.2) is 5.60 Å². The van der Waals surface area contributed by atoms with Crippen molar-refractivity contribution in [2.75, 3.05) is 27.3 Å². The molecule has 0 radical (unpaired) electrons. The topological polar surface area (TPSA) is 149 Å². The van der Waals surface area contributed by atoms with E-state index in [-0.39, 0.29) is 30.3 Å². The second-order valence-corrected chi connectivity index (χ2v) is 11.5. The van der Waals surface area contributed by atoms with Gasteiger partial charge in [0.1, 0.15) is 5.60 Å². The Kier molecular flexibility index (Phi) is 6.58. The quantitative estimate of drug-likeness (QED) is 0.417. The number of β-amino-alcohol motifs (C(OH)–C–C–N with tert-alkyl or cyclic N) is 1. The average Bonchev–Trinajstić information content (AvgIpc) is 3.57. The third-order valence-corrected chi connectivity index (χ3v) is 8.97. The Morgan fingerprint density at radius 3 is 2.11 bits per heavy atom. The zero-order valence-corrected chi connectivity index (χ0v) is 20.7. The molecule has 0 spiro atoms. The Bertz CT molecular complexity index is 1120. The third kappa shape index (κ3) is 4.62. The Labute approximate surface area is 203 Å². The molecule has 3 aliphatic rings. The summed E-state index contributed by atoms with van der Waals surface area (Å²) < 4.78 is 43.5. The summed E-state index contributed by atoms with van der Waals surface area (Å²) >= 11 is 0. The SMILES string of the molecule is COC(=O)[C@H]1C[C@@]2(O)CN(S(=O)(=O)c3ccc(C)cc3)C[C@@]2(OC(=O)NC2CC2)C[C@H]1C(=O)OC. The number of fused-ring (bicyclic) bond motifs is 1. The fourth-order valence-electron chi connectivity index (χ4n) is 5.03. The lowest BCUT2D eigenvalue weighted by Gasteiger charge is -2.48. The normalized spacial score (nSPS) is 30.7. The second kappa shape index (κ2) is 9.07. The standard InChI is InChI=1S/C23H30N2O9S/c1-14-4-8-16(9-5-14)35(30,31)25-12-22(29)10-17(19(26)32-2)18(20(27)33-3)11-23(22,13-25)34-21(28)24-15-6-7-15/h4-5,8-9,15,17-18,29H,6-7,10-13H2,1-3H3,(H,24,28)/t17-,18+,22+,23-/m0/s1. The van der Waals surface area contributed by atoms with Gasteiger partial charge in [0.05, 0.1) is 37.5 Å². The van der Waals surface area contributed by atoms with Gasteiger partial charge in [0.2, 0.25) is 10.0 Å². The molecule has 0 bridgehead atoms. The van der Waals surface area contributed by atoms with Gasteiger partial charge in [-0.3, -0.25) is 9.59 Å². The first-order chi connectivity index (χ1) is 16.4. The summed E-state index contributed by atoms with van der Waals surface area (Å²) in [6.07, 6.45) is 0.0929. The summed E-state index contributed by atoms with van der Waals surface area (Å²) in [4.78, 5) is 37.9. The lowest BCUT2D eigenvalue weighted by Crippen LogP contribution is -2.64. The molecule has 12 heteroatoms. The van der Waals surface area contributed by atoms with Gasteiger partial charge in [-0.1, -0.05) is 17.7 Å². The van der Waals surface area contributed by atoms with E-state index < -0.39 is 57.6 Å². The fourth-order valence-corrected chi connectivity index (χ4v) is 6.57. The zero-order chi connectivity index (χ0) is 25.6. The van der Waals surface area contributed by atoms with Crippen LogP contribution >= 0.6 is 0 Å². The number of esters is 2. The van der Waals surface area contributed by atoms with Crippen LogP contribution in [-0.2, 0) is 33.8 Å². The maximum atomic E-state index is 13.5. The molecule has 2 aliphatic carbocycles. The molecule has 192 valence electrons. The van der Waals surface area contributed by atoms with Crippen molar-refractivity contribution in [2.45, 2.75) is 54.7 Å². The number of hydrogen-bond acceptors (Lipinski definition) is 9. The number of carbonyl (C=O) groups is 3. The second-order valence-electron chi connectivity index (χ2n) is 9.59. The van der Waals surface area contributed by atoms with E-state index in [1.54, 1.807) is 12.1 Å². The number of hydrogen-bond donors (Lipinski definition) is 2. The van der Waals surface area contributed by atoms with Crippen LogP contribution < -0.4 is 5.32 Å². The van der Waals surface area contributed by atoms with Crippen LogP contribution in [-0.4, -0.2) is 80.4 Å². The van der Waals surface area contributed by atoms with Crippen LogP contribution in [0.2, 0.25) is 0 Å². The number of benzene rings is 1. The van der Waals surface area contributed by atoms with Crippen molar-refractivity contribution < 1.29 is 42.1 Å². The molecule has 3 fully saturated rings. The van der Waals surface area contributed by atoms with Crippen LogP contribution in [0.3, 0.4) is 0 Å². The molecule has 1 aliphatic heterocycles. The van der Waals surface area contributed by atoms with Gasteiger partial charge >= 0.3 is 18.0 Å². The largest absolute Gasteiger partial charge is 0.469 e. The van der Waals surface area contributed by atoms with Gasteiger partial charge in [-0.2, -0.15) is 4.31 Å². The molecular weight excluding hydrogens is 480 g/mol. The number of sulfonamides is 1. The predicted molar refractivity (Wildman–Crippen MR) is 121 cm³/mol. The minimum absolute atomic E-state index is 0.0111. The van der Waals surface area contributed by atoms with E-state index in [4.69, 9.17) is 14.2 Å². The highest BCUT2D eigenvalue weighted by molar-refractivity contribution is 7.89. The van der Waals surface area contributed by atoms with Crippen LogP contribution in [0.4, 0.5) is 4.79 Å². The molecule has 1 heterocycles. The van der Waals surface area contributed by atoms with Crippen molar-refractivity contribution in [1.82, 2.24) is 9.62 Å². The van der Waals surface area contributed by atoms with Gasteiger partial charge in [-0.15, -0.1) is 0 Å². The molecule has 0 aromatic heterocycles.